The fourth-order valence-corrected chi connectivity index (χ4v) is 2.78. The monoisotopic (exact) mass is 339 g/mol. The number of anilines is 1. The lowest BCUT2D eigenvalue weighted by atomic mass is 10.1. The average molecular weight is 339 g/mol. The standard InChI is InChI=1S/C22H17N3O/c26-22(18-14-8-3-9-15-18)25-21-19(16-10-4-1-5-11-16)23-20(24-21)17-12-6-2-7-13-17/h1-15H,(H,23,24)(H,25,26). The maximum atomic E-state index is 12.6. The highest BCUT2D eigenvalue weighted by atomic mass is 16.1. The van der Waals surface area contributed by atoms with E-state index in [0.29, 0.717) is 17.2 Å². The van der Waals surface area contributed by atoms with Crippen molar-refractivity contribution >= 4 is 11.7 Å². The second kappa shape index (κ2) is 7.07. The number of aromatic amines is 1. The first-order valence-electron chi connectivity index (χ1n) is 8.38. The summed E-state index contributed by atoms with van der Waals surface area (Å²) < 4.78 is 0. The second-order valence-corrected chi connectivity index (χ2v) is 5.86. The van der Waals surface area contributed by atoms with Crippen LogP contribution in [0.1, 0.15) is 10.4 Å². The smallest absolute Gasteiger partial charge is 0.256 e. The maximum Gasteiger partial charge on any atom is 0.256 e. The van der Waals surface area contributed by atoms with Gasteiger partial charge in [0.1, 0.15) is 5.82 Å². The van der Waals surface area contributed by atoms with Gasteiger partial charge in [-0.05, 0) is 12.1 Å². The number of nitrogens with one attached hydrogen (secondary N) is 2. The largest absolute Gasteiger partial charge is 0.336 e. The molecule has 0 saturated heterocycles. The van der Waals surface area contributed by atoms with Gasteiger partial charge in [0.15, 0.2) is 5.82 Å². The third kappa shape index (κ3) is 3.26. The number of imidazole rings is 1. The number of nitrogens with zero attached hydrogens (tertiary/aromatic N) is 1. The van der Waals surface area contributed by atoms with E-state index in [0.717, 1.165) is 16.8 Å². The van der Waals surface area contributed by atoms with E-state index in [1.54, 1.807) is 12.1 Å². The van der Waals surface area contributed by atoms with E-state index in [1.165, 1.54) is 0 Å². The van der Waals surface area contributed by atoms with Gasteiger partial charge in [0, 0.05) is 16.7 Å². The number of aromatic nitrogens is 2. The lowest BCUT2D eigenvalue weighted by Crippen LogP contribution is -2.12. The Labute approximate surface area is 151 Å². The molecule has 0 aliphatic carbocycles. The van der Waals surface area contributed by atoms with Crippen molar-refractivity contribution in [3.05, 3.63) is 96.6 Å². The lowest BCUT2D eigenvalue weighted by molar-refractivity contribution is 0.102. The molecule has 0 spiro atoms. The lowest BCUT2D eigenvalue weighted by Gasteiger charge is -2.05. The Morgan fingerprint density at radius 1 is 0.731 bits per heavy atom. The van der Waals surface area contributed by atoms with Crippen LogP contribution in [0.3, 0.4) is 0 Å². The van der Waals surface area contributed by atoms with E-state index >= 15 is 0 Å². The number of carbonyl (C=O) groups excluding carboxylic acids is 1. The third-order valence-electron chi connectivity index (χ3n) is 4.08. The van der Waals surface area contributed by atoms with Gasteiger partial charge < -0.3 is 10.3 Å². The van der Waals surface area contributed by atoms with Gasteiger partial charge in [-0.2, -0.15) is 0 Å². The van der Waals surface area contributed by atoms with Crippen LogP contribution in [0.15, 0.2) is 91.0 Å². The van der Waals surface area contributed by atoms with Gasteiger partial charge in [0.2, 0.25) is 0 Å². The Balaban J connectivity index is 1.75. The summed E-state index contributed by atoms with van der Waals surface area (Å²) in [5.41, 5.74) is 3.31. The quantitative estimate of drug-likeness (QED) is 0.550. The molecular weight excluding hydrogens is 322 g/mol. The third-order valence-corrected chi connectivity index (χ3v) is 4.08. The minimum atomic E-state index is -0.186. The first kappa shape index (κ1) is 15.8. The number of amides is 1. The number of benzene rings is 3. The molecule has 0 bridgehead atoms. The molecule has 4 heteroatoms. The minimum absolute atomic E-state index is 0.186. The number of H-pyrrole nitrogens is 1. The Morgan fingerprint density at radius 3 is 1.88 bits per heavy atom. The zero-order valence-electron chi connectivity index (χ0n) is 14.0. The van der Waals surface area contributed by atoms with Gasteiger partial charge in [-0.25, -0.2) is 4.98 Å². The van der Waals surface area contributed by atoms with Crippen molar-refractivity contribution in [3.8, 4) is 22.6 Å². The Hall–Kier alpha value is -3.66. The summed E-state index contributed by atoms with van der Waals surface area (Å²) in [6, 6.07) is 28.8. The van der Waals surface area contributed by atoms with Crippen LogP contribution in [0.25, 0.3) is 22.6 Å². The molecule has 1 heterocycles. The number of hydrogen-bond acceptors (Lipinski definition) is 2. The summed E-state index contributed by atoms with van der Waals surface area (Å²) in [6.45, 7) is 0. The fraction of sp³-hybridized carbons (Fsp3) is 0. The van der Waals surface area contributed by atoms with Crippen LogP contribution in [0.5, 0.6) is 0 Å². The molecule has 0 aliphatic heterocycles. The van der Waals surface area contributed by atoms with Crippen molar-refractivity contribution in [3.63, 3.8) is 0 Å². The first-order chi connectivity index (χ1) is 12.8. The van der Waals surface area contributed by atoms with E-state index in [9.17, 15) is 4.79 Å². The number of rotatable bonds is 4. The second-order valence-electron chi connectivity index (χ2n) is 5.86. The van der Waals surface area contributed by atoms with Crippen molar-refractivity contribution in [2.45, 2.75) is 0 Å². The van der Waals surface area contributed by atoms with Crippen LogP contribution in [0, 0.1) is 0 Å². The summed E-state index contributed by atoms with van der Waals surface area (Å²) in [4.78, 5) is 20.6. The molecule has 0 radical (unpaired) electrons. The molecule has 1 aromatic heterocycles. The number of hydrogen-bond donors (Lipinski definition) is 2. The van der Waals surface area contributed by atoms with Crippen molar-refractivity contribution in [1.29, 1.82) is 0 Å². The molecule has 4 nitrogen and oxygen atoms in total. The van der Waals surface area contributed by atoms with E-state index < -0.39 is 0 Å². The number of carbonyl (C=O) groups is 1. The molecule has 0 fully saturated rings. The van der Waals surface area contributed by atoms with E-state index in [1.807, 2.05) is 78.9 Å². The van der Waals surface area contributed by atoms with Gasteiger partial charge in [-0.3, -0.25) is 4.79 Å². The molecule has 26 heavy (non-hydrogen) atoms. The molecule has 0 atom stereocenters. The topological polar surface area (TPSA) is 57.8 Å². The van der Waals surface area contributed by atoms with Gasteiger partial charge in [0.05, 0.1) is 5.69 Å². The van der Waals surface area contributed by atoms with Gasteiger partial charge in [-0.15, -0.1) is 0 Å². The molecular formula is C22H17N3O. The SMILES string of the molecule is O=C(Nc1nc(-c2ccccc2)[nH]c1-c1ccccc1)c1ccccc1. The van der Waals surface area contributed by atoms with Crippen LogP contribution in [0.2, 0.25) is 0 Å². The Bertz CT molecular complexity index is 1010. The fourth-order valence-electron chi connectivity index (χ4n) is 2.78. The highest BCUT2D eigenvalue weighted by Crippen LogP contribution is 2.29. The first-order valence-corrected chi connectivity index (χ1v) is 8.38. The summed E-state index contributed by atoms with van der Waals surface area (Å²) >= 11 is 0. The molecule has 3 aromatic carbocycles. The molecule has 0 unspecified atom stereocenters. The van der Waals surface area contributed by atoms with Crippen molar-refractivity contribution < 1.29 is 4.79 Å². The normalized spacial score (nSPS) is 10.5. The van der Waals surface area contributed by atoms with Crippen LogP contribution in [-0.4, -0.2) is 15.9 Å². The molecule has 4 rings (SSSR count). The predicted molar refractivity (Wildman–Crippen MR) is 104 cm³/mol. The van der Waals surface area contributed by atoms with E-state index in [2.05, 4.69) is 15.3 Å². The molecule has 0 aliphatic rings. The predicted octanol–water partition coefficient (Wildman–Crippen LogP) is 5.00. The van der Waals surface area contributed by atoms with Crippen LogP contribution >= 0.6 is 0 Å². The maximum absolute atomic E-state index is 12.6. The summed E-state index contributed by atoms with van der Waals surface area (Å²) in [5, 5.41) is 2.93. The highest BCUT2D eigenvalue weighted by Gasteiger charge is 2.16. The van der Waals surface area contributed by atoms with Gasteiger partial charge in [-0.1, -0.05) is 78.9 Å². The van der Waals surface area contributed by atoms with Crippen molar-refractivity contribution in [2.75, 3.05) is 5.32 Å². The molecule has 4 aromatic rings. The van der Waals surface area contributed by atoms with Crippen molar-refractivity contribution in [2.24, 2.45) is 0 Å². The van der Waals surface area contributed by atoms with Crippen LogP contribution < -0.4 is 5.32 Å². The van der Waals surface area contributed by atoms with Gasteiger partial charge >= 0.3 is 0 Å². The summed E-state index contributed by atoms with van der Waals surface area (Å²) in [6.07, 6.45) is 0. The van der Waals surface area contributed by atoms with Gasteiger partial charge in [0.25, 0.3) is 5.91 Å². The molecule has 2 N–H and O–H groups in total. The van der Waals surface area contributed by atoms with Crippen molar-refractivity contribution in [1.82, 2.24) is 9.97 Å². The summed E-state index contributed by atoms with van der Waals surface area (Å²) in [7, 11) is 0. The molecule has 126 valence electrons. The van der Waals surface area contributed by atoms with Crippen LogP contribution in [-0.2, 0) is 0 Å². The summed E-state index contributed by atoms with van der Waals surface area (Å²) in [5.74, 6) is 1.05. The zero-order valence-corrected chi connectivity index (χ0v) is 14.0. The zero-order chi connectivity index (χ0) is 17.8. The van der Waals surface area contributed by atoms with Crippen LogP contribution in [0.4, 0.5) is 5.82 Å². The minimum Gasteiger partial charge on any atom is -0.336 e. The average Bonchev–Trinajstić information content (AvgIpc) is 3.14. The molecule has 1 amide bonds. The highest BCUT2D eigenvalue weighted by molar-refractivity contribution is 6.05. The Kier molecular flexibility index (Phi) is 4.31. The van der Waals surface area contributed by atoms with E-state index in [-0.39, 0.29) is 5.91 Å². The Morgan fingerprint density at radius 2 is 1.27 bits per heavy atom. The molecule has 0 saturated carbocycles. The van der Waals surface area contributed by atoms with E-state index in [4.69, 9.17) is 0 Å².